The van der Waals surface area contributed by atoms with Gasteiger partial charge in [0.05, 0.1) is 15.7 Å². The Balaban J connectivity index is 1.84. The summed E-state index contributed by atoms with van der Waals surface area (Å²) in [6.45, 7) is 5.54. The van der Waals surface area contributed by atoms with E-state index < -0.39 is 0 Å². The number of likely N-dealkylation sites (tertiary alicyclic amines) is 1. The lowest BCUT2D eigenvalue weighted by Gasteiger charge is -2.22. The van der Waals surface area contributed by atoms with E-state index in [0.29, 0.717) is 28.7 Å². The average molecular weight is 330 g/mol. The molecule has 0 aliphatic carbocycles. The summed E-state index contributed by atoms with van der Waals surface area (Å²) in [6.07, 6.45) is 1.50. The number of nitrogens with one attached hydrogen (secondary N) is 1. The Morgan fingerprint density at radius 3 is 2.67 bits per heavy atom. The van der Waals surface area contributed by atoms with Crippen LogP contribution < -0.4 is 11.1 Å². The third-order valence-electron chi connectivity index (χ3n) is 4.01. The van der Waals surface area contributed by atoms with Crippen molar-refractivity contribution >= 4 is 34.8 Å². The van der Waals surface area contributed by atoms with E-state index >= 15 is 0 Å². The molecule has 4 nitrogen and oxygen atoms in total. The number of para-hydroxylation sites is 1. The molecule has 1 atom stereocenters. The van der Waals surface area contributed by atoms with E-state index in [1.807, 2.05) is 0 Å². The lowest BCUT2D eigenvalue weighted by atomic mass is 9.90. The molecule has 1 amide bonds. The third kappa shape index (κ3) is 4.33. The van der Waals surface area contributed by atoms with Crippen LogP contribution in [0.25, 0.3) is 0 Å². The summed E-state index contributed by atoms with van der Waals surface area (Å²) in [5.74, 6) is -0.0775. The zero-order chi connectivity index (χ0) is 15.5. The van der Waals surface area contributed by atoms with Gasteiger partial charge in [-0.25, -0.2) is 0 Å². The average Bonchev–Trinajstić information content (AvgIpc) is 2.83. The van der Waals surface area contributed by atoms with Crippen molar-refractivity contribution in [3.63, 3.8) is 0 Å². The van der Waals surface area contributed by atoms with Crippen LogP contribution in [0, 0.1) is 5.41 Å². The molecule has 1 aliphatic heterocycles. The van der Waals surface area contributed by atoms with E-state index in [-0.39, 0.29) is 11.3 Å². The minimum atomic E-state index is -0.0775. The fraction of sp³-hybridized carbons (Fsp3) is 0.533. The molecule has 1 aromatic carbocycles. The smallest absolute Gasteiger partial charge is 0.225 e. The van der Waals surface area contributed by atoms with Crippen LogP contribution in [0.3, 0.4) is 0 Å². The summed E-state index contributed by atoms with van der Waals surface area (Å²) in [4.78, 5) is 14.3. The van der Waals surface area contributed by atoms with E-state index in [2.05, 4.69) is 17.1 Å². The molecule has 0 saturated carbocycles. The minimum Gasteiger partial charge on any atom is -0.330 e. The molecule has 0 aromatic heterocycles. The molecule has 6 heteroatoms. The maximum absolute atomic E-state index is 12.0. The monoisotopic (exact) mass is 329 g/mol. The van der Waals surface area contributed by atoms with Crippen LogP contribution in [0.5, 0.6) is 0 Å². The second kappa shape index (κ2) is 6.97. The van der Waals surface area contributed by atoms with Crippen LogP contribution in [0.2, 0.25) is 10.0 Å². The summed E-state index contributed by atoms with van der Waals surface area (Å²) in [5, 5.41) is 3.69. The lowest BCUT2D eigenvalue weighted by molar-refractivity contribution is -0.116. The van der Waals surface area contributed by atoms with E-state index in [4.69, 9.17) is 28.9 Å². The predicted molar refractivity (Wildman–Crippen MR) is 87.9 cm³/mol. The van der Waals surface area contributed by atoms with Gasteiger partial charge in [-0.1, -0.05) is 36.2 Å². The highest BCUT2D eigenvalue weighted by Crippen LogP contribution is 2.30. The van der Waals surface area contributed by atoms with Crippen molar-refractivity contribution in [3.05, 3.63) is 28.2 Å². The maximum Gasteiger partial charge on any atom is 0.225 e. The van der Waals surface area contributed by atoms with Gasteiger partial charge in [-0.2, -0.15) is 0 Å². The Labute approximate surface area is 135 Å². The number of rotatable bonds is 5. The van der Waals surface area contributed by atoms with Crippen LogP contribution in [0.15, 0.2) is 18.2 Å². The highest BCUT2D eigenvalue weighted by molar-refractivity contribution is 6.39. The van der Waals surface area contributed by atoms with E-state index in [0.717, 1.165) is 26.1 Å². The van der Waals surface area contributed by atoms with Gasteiger partial charge in [0.1, 0.15) is 0 Å². The van der Waals surface area contributed by atoms with Gasteiger partial charge in [-0.05, 0) is 37.1 Å². The van der Waals surface area contributed by atoms with Gasteiger partial charge in [0.25, 0.3) is 0 Å². The highest BCUT2D eigenvalue weighted by Gasteiger charge is 2.32. The Morgan fingerprint density at radius 1 is 1.43 bits per heavy atom. The highest BCUT2D eigenvalue weighted by atomic mass is 35.5. The van der Waals surface area contributed by atoms with E-state index in [1.165, 1.54) is 0 Å². The number of hydrogen-bond donors (Lipinski definition) is 2. The summed E-state index contributed by atoms with van der Waals surface area (Å²) >= 11 is 12.1. The predicted octanol–water partition coefficient (Wildman–Crippen LogP) is 2.99. The van der Waals surface area contributed by atoms with Crippen LogP contribution in [0.1, 0.15) is 19.8 Å². The summed E-state index contributed by atoms with van der Waals surface area (Å²) < 4.78 is 0. The van der Waals surface area contributed by atoms with E-state index in [9.17, 15) is 4.79 Å². The molecule has 21 heavy (non-hydrogen) atoms. The topological polar surface area (TPSA) is 58.4 Å². The second-order valence-electron chi connectivity index (χ2n) is 5.94. The van der Waals surface area contributed by atoms with Crippen LogP contribution in [-0.2, 0) is 4.79 Å². The number of anilines is 1. The third-order valence-corrected chi connectivity index (χ3v) is 4.64. The van der Waals surface area contributed by atoms with Gasteiger partial charge >= 0.3 is 0 Å². The zero-order valence-electron chi connectivity index (χ0n) is 12.2. The number of halogens is 2. The number of nitrogens with two attached hydrogens (primary N) is 1. The summed E-state index contributed by atoms with van der Waals surface area (Å²) in [7, 11) is 0. The normalized spacial score (nSPS) is 22.5. The van der Waals surface area contributed by atoms with Gasteiger partial charge in [0.15, 0.2) is 0 Å². The van der Waals surface area contributed by atoms with Crippen molar-refractivity contribution in [2.45, 2.75) is 19.8 Å². The first kappa shape index (κ1) is 16.6. The van der Waals surface area contributed by atoms with E-state index in [1.54, 1.807) is 18.2 Å². The Hall–Kier alpha value is -0.810. The maximum atomic E-state index is 12.0. The van der Waals surface area contributed by atoms with Crippen molar-refractivity contribution in [2.24, 2.45) is 11.1 Å². The molecule has 0 bridgehead atoms. The largest absolute Gasteiger partial charge is 0.330 e. The first-order valence-corrected chi connectivity index (χ1v) is 7.85. The summed E-state index contributed by atoms with van der Waals surface area (Å²) in [5.41, 5.74) is 6.45. The molecule has 0 spiro atoms. The molecule has 0 radical (unpaired) electrons. The van der Waals surface area contributed by atoms with Crippen molar-refractivity contribution < 1.29 is 4.79 Å². The molecule has 1 fully saturated rings. The fourth-order valence-electron chi connectivity index (χ4n) is 2.56. The second-order valence-corrected chi connectivity index (χ2v) is 6.75. The number of amides is 1. The molecular weight excluding hydrogens is 309 g/mol. The first-order valence-electron chi connectivity index (χ1n) is 7.10. The van der Waals surface area contributed by atoms with Crippen molar-refractivity contribution in [1.82, 2.24) is 4.90 Å². The number of nitrogens with zero attached hydrogens (tertiary/aromatic N) is 1. The van der Waals surface area contributed by atoms with Gasteiger partial charge < -0.3 is 16.0 Å². The van der Waals surface area contributed by atoms with Gasteiger partial charge in [-0.15, -0.1) is 0 Å². The van der Waals surface area contributed by atoms with Crippen molar-refractivity contribution in [3.8, 4) is 0 Å². The molecule has 3 N–H and O–H groups in total. The minimum absolute atomic E-state index is 0.0775. The number of carbonyl (C=O) groups is 1. The molecule has 2 rings (SSSR count). The van der Waals surface area contributed by atoms with Gasteiger partial charge in [0, 0.05) is 19.5 Å². The molecule has 1 aromatic rings. The molecular formula is C15H21Cl2N3O. The molecule has 1 aliphatic rings. The van der Waals surface area contributed by atoms with Crippen molar-refractivity contribution in [2.75, 3.05) is 31.5 Å². The van der Waals surface area contributed by atoms with Crippen LogP contribution in [0.4, 0.5) is 5.69 Å². The zero-order valence-corrected chi connectivity index (χ0v) is 13.7. The number of benzene rings is 1. The quantitative estimate of drug-likeness (QED) is 0.873. The van der Waals surface area contributed by atoms with Crippen molar-refractivity contribution in [1.29, 1.82) is 0 Å². The first-order chi connectivity index (χ1) is 9.93. The SMILES string of the molecule is CC1(CN)CCN(CCC(=O)Nc2c(Cl)cccc2Cl)C1. The van der Waals surface area contributed by atoms with Crippen LogP contribution in [-0.4, -0.2) is 37.0 Å². The molecule has 1 heterocycles. The number of hydrogen-bond acceptors (Lipinski definition) is 3. The Bertz CT molecular complexity index is 503. The van der Waals surface area contributed by atoms with Crippen LogP contribution >= 0.6 is 23.2 Å². The fourth-order valence-corrected chi connectivity index (χ4v) is 3.05. The number of carbonyl (C=O) groups excluding carboxylic acids is 1. The molecule has 1 unspecified atom stereocenters. The standard InChI is InChI=1S/C15H21Cl2N3O/c1-15(9-18)6-8-20(10-15)7-5-13(21)19-14-11(16)3-2-4-12(14)17/h2-4H,5-10,18H2,1H3,(H,19,21). The lowest BCUT2D eigenvalue weighted by Crippen LogP contribution is -2.32. The summed E-state index contributed by atoms with van der Waals surface area (Å²) in [6, 6.07) is 5.16. The van der Waals surface area contributed by atoms with Gasteiger partial charge in [0.2, 0.25) is 5.91 Å². The Kier molecular flexibility index (Phi) is 5.49. The molecule has 116 valence electrons. The van der Waals surface area contributed by atoms with Gasteiger partial charge in [-0.3, -0.25) is 4.79 Å². The Morgan fingerprint density at radius 2 is 2.10 bits per heavy atom. The molecule has 1 saturated heterocycles.